The summed E-state index contributed by atoms with van der Waals surface area (Å²) in [6, 6.07) is 0. The Morgan fingerprint density at radius 1 is 0.842 bits per heavy atom. The average Bonchev–Trinajstić information content (AvgIpc) is 2.83. The van der Waals surface area contributed by atoms with Crippen LogP contribution in [0, 0.1) is 5.41 Å². The fourth-order valence-electron chi connectivity index (χ4n) is 1.21. The van der Waals surface area contributed by atoms with Gasteiger partial charge in [0.15, 0.2) is 11.6 Å². The van der Waals surface area contributed by atoms with E-state index in [0.29, 0.717) is 0 Å². The Labute approximate surface area is 112 Å². The number of tetrazole rings is 2. The highest BCUT2D eigenvalue weighted by Gasteiger charge is 2.17. The Balaban J connectivity index is 0.000000191. The van der Waals surface area contributed by atoms with Gasteiger partial charge >= 0.3 is 0 Å². The molecule has 0 saturated carbocycles. The average molecular weight is 266 g/mol. The van der Waals surface area contributed by atoms with Crippen LogP contribution in [-0.2, 0) is 11.8 Å². The first-order valence-corrected chi connectivity index (χ1v) is 6.15. The zero-order valence-corrected chi connectivity index (χ0v) is 12.4. The normalized spacial score (nSPS) is 11.9. The molecule has 2 heterocycles. The third kappa shape index (κ3) is 6.03. The molecule has 0 unspecified atom stereocenters. The zero-order chi connectivity index (χ0) is 14.5. The van der Waals surface area contributed by atoms with E-state index in [1.165, 1.54) is 0 Å². The van der Waals surface area contributed by atoms with Crippen LogP contribution in [0.4, 0.5) is 0 Å². The largest absolute Gasteiger partial charge is 0.179 e. The van der Waals surface area contributed by atoms with Gasteiger partial charge < -0.3 is 0 Å². The summed E-state index contributed by atoms with van der Waals surface area (Å²) >= 11 is 0. The van der Waals surface area contributed by atoms with Gasteiger partial charge in [0.2, 0.25) is 0 Å². The van der Waals surface area contributed by atoms with Crippen molar-refractivity contribution in [1.29, 1.82) is 0 Å². The van der Waals surface area contributed by atoms with Crippen LogP contribution in [0.15, 0.2) is 0 Å². The van der Waals surface area contributed by atoms with Gasteiger partial charge in [-0.1, -0.05) is 52.0 Å². The number of rotatable bonds is 1. The topological polar surface area (TPSA) is 109 Å². The third-order valence-corrected chi connectivity index (χ3v) is 2.09. The lowest BCUT2D eigenvalue weighted by Crippen LogP contribution is -2.13. The summed E-state index contributed by atoms with van der Waals surface area (Å²) in [5, 5.41) is 27.1. The maximum atomic E-state index is 3.85. The predicted molar refractivity (Wildman–Crippen MR) is 70.2 cm³/mol. The van der Waals surface area contributed by atoms with Crippen molar-refractivity contribution in [2.75, 3.05) is 0 Å². The summed E-state index contributed by atoms with van der Waals surface area (Å²) < 4.78 is 0. The standard InChI is InChI=1S/C6H12N4.C5H10N4/c1-6(2,3)4-5-7-9-10-8-5;1-5(2,3)4-6-8-9-7-4/h4H2,1-3H3,(H,7,8,9,10);1-3H3,(H,6,7,8,9). The van der Waals surface area contributed by atoms with Gasteiger partial charge in [0.25, 0.3) is 0 Å². The van der Waals surface area contributed by atoms with Crippen LogP contribution in [0.2, 0.25) is 0 Å². The molecule has 0 aliphatic heterocycles. The number of H-pyrrole nitrogens is 2. The van der Waals surface area contributed by atoms with E-state index in [9.17, 15) is 0 Å². The number of aromatic amines is 2. The molecule has 19 heavy (non-hydrogen) atoms. The molecular formula is C11H22N8. The minimum Gasteiger partial charge on any atom is -0.177 e. The second kappa shape index (κ2) is 5.85. The molecule has 2 aromatic rings. The second-order valence-electron chi connectivity index (χ2n) is 6.55. The molecule has 0 aromatic carbocycles. The molecule has 0 atom stereocenters. The van der Waals surface area contributed by atoms with Gasteiger partial charge in [-0.25, -0.2) is 0 Å². The maximum absolute atomic E-state index is 3.85. The molecule has 0 aliphatic carbocycles. The number of nitrogens with zero attached hydrogens (tertiary/aromatic N) is 6. The first kappa shape index (κ1) is 15.2. The van der Waals surface area contributed by atoms with Gasteiger partial charge in [0.1, 0.15) is 0 Å². The van der Waals surface area contributed by atoms with E-state index in [4.69, 9.17) is 0 Å². The van der Waals surface area contributed by atoms with Crippen LogP contribution >= 0.6 is 0 Å². The van der Waals surface area contributed by atoms with Crippen molar-refractivity contribution in [3.63, 3.8) is 0 Å². The van der Waals surface area contributed by atoms with Crippen LogP contribution in [0.1, 0.15) is 53.2 Å². The van der Waals surface area contributed by atoms with Crippen molar-refractivity contribution in [2.45, 2.75) is 53.4 Å². The van der Waals surface area contributed by atoms with Crippen molar-refractivity contribution >= 4 is 0 Å². The summed E-state index contributed by atoms with van der Waals surface area (Å²) in [6.45, 7) is 12.5. The number of aromatic nitrogens is 8. The van der Waals surface area contributed by atoms with Crippen molar-refractivity contribution in [2.24, 2.45) is 5.41 Å². The van der Waals surface area contributed by atoms with Crippen LogP contribution in [0.25, 0.3) is 0 Å². The van der Waals surface area contributed by atoms with Gasteiger partial charge in [-0.15, -0.1) is 20.4 Å². The van der Waals surface area contributed by atoms with Crippen LogP contribution in [0.3, 0.4) is 0 Å². The quantitative estimate of drug-likeness (QED) is 0.804. The fourth-order valence-corrected chi connectivity index (χ4v) is 1.21. The number of hydrogen-bond acceptors (Lipinski definition) is 6. The van der Waals surface area contributed by atoms with Crippen LogP contribution in [-0.4, -0.2) is 41.2 Å². The highest BCUT2D eigenvalue weighted by atomic mass is 15.5. The molecular weight excluding hydrogens is 244 g/mol. The summed E-state index contributed by atoms with van der Waals surface area (Å²) in [5.74, 6) is 1.54. The lowest BCUT2D eigenvalue weighted by molar-refractivity contribution is 0.401. The van der Waals surface area contributed by atoms with E-state index in [2.05, 4.69) is 62.0 Å². The first-order chi connectivity index (χ1) is 8.68. The molecule has 106 valence electrons. The molecule has 8 nitrogen and oxygen atoms in total. The minimum absolute atomic E-state index is 0.00694. The molecule has 0 aliphatic rings. The van der Waals surface area contributed by atoms with E-state index >= 15 is 0 Å². The summed E-state index contributed by atoms with van der Waals surface area (Å²) in [5.41, 5.74) is 0.247. The molecule has 0 bridgehead atoms. The molecule has 2 N–H and O–H groups in total. The Morgan fingerprint density at radius 2 is 1.42 bits per heavy atom. The zero-order valence-electron chi connectivity index (χ0n) is 12.4. The van der Waals surface area contributed by atoms with E-state index in [-0.39, 0.29) is 10.8 Å². The Kier molecular flexibility index (Phi) is 4.68. The van der Waals surface area contributed by atoms with Crippen molar-refractivity contribution in [1.82, 2.24) is 41.2 Å². The van der Waals surface area contributed by atoms with Crippen molar-refractivity contribution < 1.29 is 0 Å². The molecule has 2 rings (SSSR count). The van der Waals surface area contributed by atoms with Gasteiger partial charge in [-0.05, 0) is 5.41 Å². The lowest BCUT2D eigenvalue weighted by atomic mass is 9.92. The third-order valence-electron chi connectivity index (χ3n) is 2.09. The van der Waals surface area contributed by atoms with Gasteiger partial charge in [-0.3, -0.25) is 0 Å². The Bertz CT molecular complexity index is 446. The molecule has 0 saturated heterocycles. The molecule has 0 spiro atoms. The van der Waals surface area contributed by atoms with Crippen molar-refractivity contribution in [3.8, 4) is 0 Å². The SMILES string of the molecule is CC(C)(C)Cc1nn[nH]n1.CC(C)(C)c1nn[nH]n1. The van der Waals surface area contributed by atoms with Crippen LogP contribution in [0.5, 0.6) is 0 Å². The lowest BCUT2D eigenvalue weighted by Gasteiger charge is -2.14. The van der Waals surface area contributed by atoms with Gasteiger partial charge in [-0.2, -0.15) is 10.4 Å². The predicted octanol–water partition coefficient (Wildman–Crippen LogP) is 1.29. The van der Waals surface area contributed by atoms with Gasteiger partial charge in [0.05, 0.1) is 0 Å². The van der Waals surface area contributed by atoms with E-state index < -0.39 is 0 Å². The molecule has 0 amide bonds. The smallest absolute Gasteiger partial charge is 0.177 e. The van der Waals surface area contributed by atoms with E-state index in [0.717, 1.165) is 18.1 Å². The number of nitrogens with one attached hydrogen (secondary N) is 2. The van der Waals surface area contributed by atoms with Crippen LogP contribution < -0.4 is 0 Å². The fraction of sp³-hybridized carbons (Fsp3) is 0.818. The summed E-state index contributed by atoms with van der Waals surface area (Å²) in [6.07, 6.45) is 0.865. The minimum atomic E-state index is 0.00694. The summed E-state index contributed by atoms with van der Waals surface area (Å²) in [4.78, 5) is 0. The Hall–Kier alpha value is -1.86. The highest BCUT2D eigenvalue weighted by molar-refractivity contribution is 4.95. The molecule has 2 aromatic heterocycles. The second-order valence-corrected chi connectivity index (χ2v) is 6.55. The summed E-state index contributed by atoms with van der Waals surface area (Å²) in [7, 11) is 0. The first-order valence-electron chi connectivity index (χ1n) is 6.15. The monoisotopic (exact) mass is 266 g/mol. The molecule has 8 heteroatoms. The molecule has 0 radical (unpaired) electrons. The number of hydrogen-bond donors (Lipinski definition) is 2. The maximum Gasteiger partial charge on any atom is 0.179 e. The van der Waals surface area contributed by atoms with Gasteiger partial charge in [0, 0.05) is 11.8 Å². The van der Waals surface area contributed by atoms with Crippen molar-refractivity contribution in [3.05, 3.63) is 11.6 Å². The highest BCUT2D eigenvalue weighted by Crippen LogP contribution is 2.17. The Morgan fingerprint density at radius 3 is 1.74 bits per heavy atom. The molecule has 0 fully saturated rings. The van der Waals surface area contributed by atoms with E-state index in [1.807, 2.05) is 20.8 Å². The van der Waals surface area contributed by atoms with E-state index in [1.54, 1.807) is 0 Å².